The number of aryl methyl sites for hydroxylation is 1. The van der Waals surface area contributed by atoms with E-state index < -0.39 is 12.6 Å². The lowest BCUT2D eigenvalue weighted by Crippen LogP contribution is -2.35. The first kappa shape index (κ1) is 21.3. The zero-order valence-electron chi connectivity index (χ0n) is 17.9. The summed E-state index contributed by atoms with van der Waals surface area (Å²) in [6, 6.07) is 14.3. The summed E-state index contributed by atoms with van der Waals surface area (Å²) in [5, 5.41) is 5.36. The molecule has 0 atom stereocenters. The lowest BCUT2D eigenvalue weighted by Gasteiger charge is -2.22. The van der Waals surface area contributed by atoms with Crippen LogP contribution in [0, 0.1) is 13.8 Å². The van der Waals surface area contributed by atoms with E-state index in [1.54, 1.807) is 36.6 Å². The fourth-order valence-electron chi connectivity index (χ4n) is 3.65. The number of amides is 1. The summed E-state index contributed by atoms with van der Waals surface area (Å²) in [5.74, 6) is -0.418. The van der Waals surface area contributed by atoms with Gasteiger partial charge in [0.05, 0.1) is 18.5 Å². The van der Waals surface area contributed by atoms with E-state index in [0.29, 0.717) is 17.8 Å². The van der Waals surface area contributed by atoms with Crippen LogP contribution in [0.2, 0.25) is 0 Å². The minimum absolute atomic E-state index is 0.115. The van der Waals surface area contributed by atoms with Gasteiger partial charge in [0.25, 0.3) is 0 Å². The van der Waals surface area contributed by atoms with Gasteiger partial charge in [-0.25, -0.2) is 9.80 Å². The standard InChI is InChI=1S/C24H23N3O5/c1-16-13-20(17(2)26(16)14-19-9-6-12-31-19)22(28)15-32-24(30)21-10-11-23(29)27(25-21)18-7-4-3-5-8-18/h3-9,12-13H,10-11,14-15H2,1-2H3. The van der Waals surface area contributed by atoms with E-state index in [1.165, 1.54) is 5.01 Å². The molecule has 3 aromatic rings. The molecule has 0 fully saturated rings. The SMILES string of the molecule is Cc1cc(C(=O)COC(=O)C2=NN(c3ccccc3)C(=O)CC2)c(C)n1Cc1ccco1. The third kappa shape index (κ3) is 4.39. The number of benzene rings is 1. The van der Waals surface area contributed by atoms with Gasteiger partial charge in [-0.2, -0.15) is 5.10 Å². The number of furan rings is 1. The van der Waals surface area contributed by atoms with E-state index in [9.17, 15) is 14.4 Å². The maximum absolute atomic E-state index is 12.7. The number of ketones is 1. The Bertz CT molecular complexity index is 1180. The van der Waals surface area contributed by atoms with E-state index >= 15 is 0 Å². The zero-order chi connectivity index (χ0) is 22.7. The lowest BCUT2D eigenvalue weighted by molar-refractivity contribution is -0.134. The highest BCUT2D eigenvalue weighted by Crippen LogP contribution is 2.21. The van der Waals surface area contributed by atoms with E-state index in [4.69, 9.17) is 9.15 Å². The van der Waals surface area contributed by atoms with Gasteiger partial charge in [-0.15, -0.1) is 0 Å². The highest BCUT2D eigenvalue weighted by molar-refractivity contribution is 6.38. The van der Waals surface area contributed by atoms with Crippen LogP contribution < -0.4 is 5.01 Å². The Morgan fingerprint density at radius 1 is 1.09 bits per heavy atom. The Labute approximate surface area is 185 Å². The smallest absolute Gasteiger partial charge is 0.354 e. The number of carbonyl (C=O) groups is 3. The summed E-state index contributed by atoms with van der Waals surface area (Å²) in [5.41, 5.74) is 2.86. The van der Waals surface area contributed by atoms with Gasteiger partial charge in [0.2, 0.25) is 11.7 Å². The van der Waals surface area contributed by atoms with Crippen molar-refractivity contribution in [3.63, 3.8) is 0 Å². The Morgan fingerprint density at radius 2 is 1.88 bits per heavy atom. The van der Waals surface area contributed by atoms with Gasteiger partial charge in [0, 0.05) is 29.8 Å². The predicted molar refractivity (Wildman–Crippen MR) is 118 cm³/mol. The van der Waals surface area contributed by atoms with Crippen molar-refractivity contribution in [1.29, 1.82) is 0 Å². The molecule has 1 aliphatic rings. The van der Waals surface area contributed by atoms with Crippen molar-refractivity contribution >= 4 is 29.1 Å². The summed E-state index contributed by atoms with van der Waals surface area (Å²) in [4.78, 5) is 37.5. The molecule has 0 saturated carbocycles. The molecule has 8 nitrogen and oxygen atoms in total. The number of hydrogen-bond donors (Lipinski definition) is 0. The van der Waals surface area contributed by atoms with Crippen LogP contribution in [0.1, 0.15) is 40.3 Å². The number of aromatic nitrogens is 1. The second-order valence-electron chi connectivity index (χ2n) is 7.54. The number of esters is 1. The fraction of sp³-hybridized carbons (Fsp3) is 0.250. The summed E-state index contributed by atoms with van der Waals surface area (Å²) in [7, 11) is 0. The van der Waals surface area contributed by atoms with Crippen molar-refractivity contribution in [3.05, 3.63) is 77.5 Å². The van der Waals surface area contributed by atoms with Crippen molar-refractivity contribution in [2.45, 2.75) is 33.2 Å². The Balaban J connectivity index is 1.43. The van der Waals surface area contributed by atoms with Crippen LogP contribution in [0.5, 0.6) is 0 Å². The molecule has 1 aromatic carbocycles. The van der Waals surface area contributed by atoms with Gasteiger partial charge in [-0.05, 0) is 44.2 Å². The number of anilines is 1. The third-order valence-corrected chi connectivity index (χ3v) is 5.37. The van der Waals surface area contributed by atoms with E-state index in [1.807, 2.05) is 36.6 Å². The van der Waals surface area contributed by atoms with Crippen molar-refractivity contribution < 1.29 is 23.5 Å². The molecular formula is C24H23N3O5. The molecular weight excluding hydrogens is 410 g/mol. The number of ether oxygens (including phenoxy) is 1. The number of carbonyl (C=O) groups excluding carboxylic acids is 3. The van der Waals surface area contributed by atoms with Crippen LogP contribution in [0.15, 0.2) is 64.3 Å². The quantitative estimate of drug-likeness (QED) is 0.419. The third-order valence-electron chi connectivity index (χ3n) is 5.37. The van der Waals surface area contributed by atoms with E-state index in [2.05, 4.69) is 5.10 Å². The first-order valence-electron chi connectivity index (χ1n) is 10.3. The number of hydrazone groups is 1. The minimum Gasteiger partial charge on any atom is -0.467 e. The maximum atomic E-state index is 12.7. The molecule has 2 aromatic heterocycles. The molecule has 32 heavy (non-hydrogen) atoms. The summed E-state index contributed by atoms with van der Waals surface area (Å²) in [6.45, 7) is 3.87. The van der Waals surface area contributed by atoms with Gasteiger partial charge in [-0.3, -0.25) is 9.59 Å². The molecule has 1 aliphatic heterocycles. The molecule has 0 aliphatic carbocycles. The largest absolute Gasteiger partial charge is 0.467 e. The monoisotopic (exact) mass is 433 g/mol. The van der Waals surface area contributed by atoms with Gasteiger partial charge in [-0.1, -0.05) is 18.2 Å². The van der Waals surface area contributed by atoms with Gasteiger partial charge in [0.1, 0.15) is 11.5 Å². The van der Waals surface area contributed by atoms with Crippen LogP contribution in [0.25, 0.3) is 0 Å². The highest BCUT2D eigenvalue weighted by Gasteiger charge is 2.27. The van der Waals surface area contributed by atoms with Crippen molar-refractivity contribution in [3.8, 4) is 0 Å². The zero-order valence-corrected chi connectivity index (χ0v) is 17.9. The van der Waals surface area contributed by atoms with Crippen LogP contribution in [-0.2, 0) is 20.9 Å². The Hall–Kier alpha value is -3.94. The molecule has 4 rings (SSSR count). The van der Waals surface area contributed by atoms with Crippen LogP contribution in [-0.4, -0.2) is 34.5 Å². The van der Waals surface area contributed by atoms with Crippen LogP contribution >= 0.6 is 0 Å². The lowest BCUT2D eigenvalue weighted by atomic mass is 10.1. The topological polar surface area (TPSA) is 94.1 Å². The molecule has 0 N–H and O–H groups in total. The van der Waals surface area contributed by atoms with Crippen LogP contribution in [0.3, 0.4) is 0 Å². The molecule has 3 heterocycles. The number of rotatable bonds is 7. The normalized spacial score (nSPS) is 13.8. The number of Topliss-reactive ketones (excluding diaryl/α,β-unsaturated/α-hetero) is 1. The average Bonchev–Trinajstić information content (AvgIpc) is 3.42. The fourth-order valence-corrected chi connectivity index (χ4v) is 3.65. The molecule has 0 unspecified atom stereocenters. The first-order chi connectivity index (χ1) is 15.4. The van der Waals surface area contributed by atoms with E-state index in [-0.39, 0.29) is 30.2 Å². The molecule has 0 radical (unpaired) electrons. The summed E-state index contributed by atoms with van der Waals surface area (Å²) < 4.78 is 12.6. The van der Waals surface area contributed by atoms with Crippen molar-refractivity contribution in [2.75, 3.05) is 11.6 Å². The maximum Gasteiger partial charge on any atom is 0.354 e. The predicted octanol–water partition coefficient (Wildman–Crippen LogP) is 3.66. The minimum atomic E-state index is -0.698. The first-order valence-corrected chi connectivity index (χ1v) is 10.3. The average molecular weight is 433 g/mol. The summed E-state index contributed by atoms with van der Waals surface area (Å²) >= 11 is 0. The Kier molecular flexibility index (Phi) is 6.02. The number of nitrogens with zero attached hydrogens (tertiary/aromatic N) is 3. The van der Waals surface area contributed by atoms with Gasteiger partial charge >= 0.3 is 5.97 Å². The highest BCUT2D eigenvalue weighted by atomic mass is 16.5. The molecule has 1 amide bonds. The Morgan fingerprint density at radius 3 is 2.59 bits per heavy atom. The molecule has 164 valence electrons. The number of hydrogen-bond acceptors (Lipinski definition) is 6. The van der Waals surface area contributed by atoms with Crippen LogP contribution in [0.4, 0.5) is 5.69 Å². The second kappa shape index (κ2) is 9.05. The van der Waals surface area contributed by atoms with Gasteiger partial charge in [0.15, 0.2) is 6.61 Å². The molecule has 8 heteroatoms. The van der Waals surface area contributed by atoms with Crippen molar-refractivity contribution in [1.82, 2.24) is 4.57 Å². The van der Waals surface area contributed by atoms with Gasteiger partial charge < -0.3 is 13.7 Å². The second-order valence-corrected chi connectivity index (χ2v) is 7.54. The molecule has 0 spiro atoms. The van der Waals surface area contributed by atoms with E-state index in [0.717, 1.165) is 17.1 Å². The molecule has 0 saturated heterocycles. The molecule has 0 bridgehead atoms. The number of para-hydroxylation sites is 1. The van der Waals surface area contributed by atoms with Crippen molar-refractivity contribution in [2.24, 2.45) is 5.10 Å². The summed E-state index contributed by atoms with van der Waals surface area (Å²) in [6.07, 6.45) is 1.92.